The monoisotopic (exact) mass is 318 g/mol. The normalized spacial score (nSPS) is 22.0. The largest absolute Gasteiger partial charge is 0.331 e. The van der Waals surface area contributed by atoms with Crippen LogP contribution in [-0.4, -0.2) is 63.3 Å². The van der Waals surface area contributed by atoms with Gasteiger partial charge in [-0.15, -0.1) is 10.2 Å². The molecule has 1 saturated carbocycles. The first kappa shape index (κ1) is 14.9. The summed E-state index contributed by atoms with van der Waals surface area (Å²) in [7, 11) is 0. The molecule has 1 saturated heterocycles. The minimum Gasteiger partial charge on any atom is -0.331 e. The fourth-order valence-corrected chi connectivity index (χ4v) is 3.56. The van der Waals surface area contributed by atoms with Crippen LogP contribution in [0.1, 0.15) is 37.3 Å². The summed E-state index contributed by atoms with van der Waals surface area (Å²) in [6.07, 6.45) is 6.15. The molecule has 7 heteroatoms. The van der Waals surface area contributed by atoms with E-state index in [0.717, 1.165) is 56.7 Å². The molecule has 7 nitrogen and oxygen atoms in total. The summed E-state index contributed by atoms with van der Waals surface area (Å²) in [5, 5.41) is 11.5. The Morgan fingerprint density at radius 3 is 2.70 bits per heavy atom. The van der Waals surface area contributed by atoms with Gasteiger partial charge in [0.25, 0.3) is 0 Å². The number of carbonyl (C=O) groups excluding carboxylic acids is 1. The molecule has 3 aliphatic rings. The van der Waals surface area contributed by atoms with E-state index in [-0.39, 0.29) is 6.03 Å². The molecule has 0 aromatic carbocycles. The summed E-state index contributed by atoms with van der Waals surface area (Å²) in [6.45, 7) is 6.35. The average Bonchev–Trinajstić information content (AvgIpc) is 3.31. The Morgan fingerprint density at radius 2 is 1.91 bits per heavy atom. The summed E-state index contributed by atoms with van der Waals surface area (Å²) in [6, 6.07) is 0.0317. The molecule has 126 valence electrons. The predicted octanol–water partition coefficient (Wildman–Crippen LogP) is 0.852. The lowest BCUT2D eigenvalue weighted by molar-refractivity contribution is 0.136. The first-order valence-electron chi connectivity index (χ1n) is 8.95. The minimum absolute atomic E-state index is 0.0317. The van der Waals surface area contributed by atoms with E-state index < -0.39 is 0 Å². The molecule has 3 heterocycles. The zero-order valence-corrected chi connectivity index (χ0v) is 13.7. The van der Waals surface area contributed by atoms with Crippen LogP contribution in [0, 0.1) is 5.92 Å². The SMILES string of the molecule is O=C(NCc1nnc2n1CCCC2)N1CCN(CC2CC2)CC1. The topological polar surface area (TPSA) is 66.3 Å². The van der Waals surface area contributed by atoms with Crippen molar-refractivity contribution in [3.63, 3.8) is 0 Å². The molecule has 2 amide bonds. The van der Waals surface area contributed by atoms with Crippen molar-refractivity contribution < 1.29 is 4.79 Å². The van der Waals surface area contributed by atoms with Crippen LogP contribution >= 0.6 is 0 Å². The second-order valence-electron chi connectivity index (χ2n) is 7.03. The standard InChI is InChI=1S/C16H26N6O/c23-16(21-9-7-20(8-10-21)12-13-4-5-13)17-11-15-19-18-14-3-1-2-6-22(14)15/h13H,1-12H2,(H,17,23). The van der Waals surface area contributed by atoms with Gasteiger partial charge < -0.3 is 14.8 Å². The maximum absolute atomic E-state index is 12.3. The highest BCUT2D eigenvalue weighted by Crippen LogP contribution is 2.29. The van der Waals surface area contributed by atoms with Gasteiger partial charge in [-0.05, 0) is 31.6 Å². The fourth-order valence-electron chi connectivity index (χ4n) is 3.56. The van der Waals surface area contributed by atoms with Crippen molar-refractivity contribution in [3.05, 3.63) is 11.6 Å². The molecule has 0 unspecified atom stereocenters. The molecule has 2 aliphatic heterocycles. The fraction of sp³-hybridized carbons (Fsp3) is 0.812. The Kier molecular flexibility index (Phi) is 4.20. The van der Waals surface area contributed by atoms with E-state index in [9.17, 15) is 4.79 Å². The molecular weight excluding hydrogens is 292 g/mol. The summed E-state index contributed by atoms with van der Waals surface area (Å²) >= 11 is 0. The van der Waals surface area contributed by atoms with E-state index in [4.69, 9.17) is 0 Å². The number of carbonyl (C=O) groups is 1. The molecule has 0 bridgehead atoms. The summed E-state index contributed by atoms with van der Waals surface area (Å²) < 4.78 is 2.16. The Hall–Kier alpha value is -1.63. The third-order valence-corrected chi connectivity index (χ3v) is 5.21. The summed E-state index contributed by atoms with van der Waals surface area (Å²) in [4.78, 5) is 16.8. The van der Waals surface area contributed by atoms with Crippen molar-refractivity contribution in [2.24, 2.45) is 5.92 Å². The number of piperazine rings is 1. The number of urea groups is 1. The highest BCUT2D eigenvalue weighted by molar-refractivity contribution is 5.74. The molecular formula is C16H26N6O. The molecule has 1 aromatic heterocycles. The smallest absolute Gasteiger partial charge is 0.317 e. The van der Waals surface area contributed by atoms with E-state index in [1.807, 2.05) is 4.90 Å². The summed E-state index contributed by atoms with van der Waals surface area (Å²) in [5.41, 5.74) is 0. The molecule has 1 aromatic rings. The van der Waals surface area contributed by atoms with Gasteiger partial charge in [-0.1, -0.05) is 0 Å². The van der Waals surface area contributed by atoms with Crippen LogP contribution in [0.25, 0.3) is 0 Å². The van der Waals surface area contributed by atoms with Gasteiger partial charge in [-0.25, -0.2) is 4.79 Å². The molecule has 2 fully saturated rings. The van der Waals surface area contributed by atoms with Crippen LogP contribution < -0.4 is 5.32 Å². The third-order valence-electron chi connectivity index (χ3n) is 5.21. The van der Waals surface area contributed by atoms with Crippen molar-refractivity contribution >= 4 is 6.03 Å². The first-order valence-corrected chi connectivity index (χ1v) is 8.95. The molecule has 1 N–H and O–H groups in total. The molecule has 4 rings (SSSR count). The highest BCUT2D eigenvalue weighted by Gasteiger charge is 2.27. The zero-order chi connectivity index (χ0) is 15.6. The number of aromatic nitrogens is 3. The van der Waals surface area contributed by atoms with E-state index in [1.165, 1.54) is 32.2 Å². The van der Waals surface area contributed by atoms with Gasteiger partial charge in [-0.2, -0.15) is 0 Å². The molecule has 1 aliphatic carbocycles. The second kappa shape index (κ2) is 6.47. The summed E-state index contributed by atoms with van der Waals surface area (Å²) in [5.74, 6) is 2.88. The van der Waals surface area contributed by atoms with Crippen LogP contribution in [0.5, 0.6) is 0 Å². The Balaban J connectivity index is 1.25. The first-order chi connectivity index (χ1) is 11.3. The van der Waals surface area contributed by atoms with E-state index in [0.29, 0.717) is 6.54 Å². The number of aryl methyl sites for hydroxylation is 1. The van der Waals surface area contributed by atoms with Gasteiger partial charge in [0.2, 0.25) is 0 Å². The Bertz CT molecular complexity index is 559. The predicted molar refractivity (Wildman–Crippen MR) is 85.9 cm³/mol. The van der Waals surface area contributed by atoms with E-state index in [2.05, 4.69) is 25.0 Å². The number of rotatable bonds is 4. The van der Waals surface area contributed by atoms with E-state index in [1.54, 1.807) is 0 Å². The lowest BCUT2D eigenvalue weighted by atomic mass is 10.2. The van der Waals surface area contributed by atoms with Crippen molar-refractivity contribution in [2.75, 3.05) is 32.7 Å². The van der Waals surface area contributed by atoms with Crippen LogP contribution in [0.3, 0.4) is 0 Å². The third kappa shape index (κ3) is 3.49. The molecule has 23 heavy (non-hydrogen) atoms. The van der Waals surface area contributed by atoms with Gasteiger partial charge in [0.1, 0.15) is 5.82 Å². The zero-order valence-electron chi connectivity index (χ0n) is 13.7. The average molecular weight is 318 g/mol. The maximum atomic E-state index is 12.3. The van der Waals surface area contributed by atoms with Gasteiger partial charge in [0, 0.05) is 45.7 Å². The van der Waals surface area contributed by atoms with Crippen LogP contribution in [0.15, 0.2) is 0 Å². The Morgan fingerprint density at radius 1 is 1.09 bits per heavy atom. The van der Waals surface area contributed by atoms with Crippen LogP contribution in [0.2, 0.25) is 0 Å². The quantitative estimate of drug-likeness (QED) is 0.894. The molecule has 0 radical (unpaired) electrons. The number of fused-ring (bicyclic) bond motifs is 1. The minimum atomic E-state index is 0.0317. The van der Waals surface area contributed by atoms with Gasteiger partial charge in [-0.3, -0.25) is 4.90 Å². The number of hydrogen-bond acceptors (Lipinski definition) is 4. The number of nitrogens with one attached hydrogen (secondary N) is 1. The number of hydrogen-bond donors (Lipinski definition) is 1. The van der Waals surface area contributed by atoms with Gasteiger partial charge in [0.05, 0.1) is 6.54 Å². The highest BCUT2D eigenvalue weighted by atomic mass is 16.2. The molecule has 0 atom stereocenters. The van der Waals surface area contributed by atoms with Gasteiger partial charge >= 0.3 is 6.03 Å². The van der Waals surface area contributed by atoms with Crippen molar-refractivity contribution in [3.8, 4) is 0 Å². The Labute approximate surface area is 137 Å². The lowest BCUT2D eigenvalue weighted by Gasteiger charge is -2.34. The van der Waals surface area contributed by atoms with Crippen LogP contribution in [0.4, 0.5) is 4.79 Å². The van der Waals surface area contributed by atoms with Crippen LogP contribution in [-0.2, 0) is 19.5 Å². The van der Waals surface area contributed by atoms with Crippen molar-refractivity contribution in [2.45, 2.75) is 45.2 Å². The molecule has 0 spiro atoms. The lowest BCUT2D eigenvalue weighted by Crippen LogP contribution is -2.52. The van der Waals surface area contributed by atoms with Gasteiger partial charge in [0.15, 0.2) is 5.82 Å². The second-order valence-corrected chi connectivity index (χ2v) is 7.03. The number of amides is 2. The maximum Gasteiger partial charge on any atom is 0.317 e. The van der Waals surface area contributed by atoms with E-state index >= 15 is 0 Å². The van der Waals surface area contributed by atoms with Crippen molar-refractivity contribution in [1.82, 2.24) is 29.9 Å². The van der Waals surface area contributed by atoms with Crippen molar-refractivity contribution in [1.29, 1.82) is 0 Å². The number of nitrogens with zero attached hydrogens (tertiary/aromatic N) is 5.